The van der Waals surface area contributed by atoms with Crippen LogP contribution in [-0.2, 0) is 14.8 Å². The lowest BCUT2D eigenvalue weighted by Crippen LogP contribution is -2.40. The summed E-state index contributed by atoms with van der Waals surface area (Å²) in [4.78, 5) is 13.4. The van der Waals surface area contributed by atoms with Crippen LogP contribution in [0.3, 0.4) is 0 Å². The number of ether oxygens (including phenoxy) is 1. The van der Waals surface area contributed by atoms with Crippen LogP contribution in [0.1, 0.15) is 26.2 Å². The van der Waals surface area contributed by atoms with Gasteiger partial charge in [0, 0.05) is 38.3 Å². The molecule has 1 aromatic carbocycles. The first-order valence-corrected chi connectivity index (χ1v) is 11.2. The SMILES string of the molecule is CCCN1CCC(Nc2ccc(S(=O)(=O)N3CCOCC3)cc2[N+](=O)[O-])CC1. The Kier molecular flexibility index (Phi) is 6.86. The Morgan fingerprint density at radius 3 is 2.50 bits per heavy atom. The van der Waals surface area contributed by atoms with Crippen molar-refractivity contribution in [2.75, 3.05) is 51.3 Å². The maximum absolute atomic E-state index is 12.8. The van der Waals surface area contributed by atoms with Gasteiger partial charge in [0.2, 0.25) is 10.0 Å². The van der Waals surface area contributed by atoms with Gasteiger partial charge in [0.05, 0.1) is 23.0 Å². The first-order valence-electron chi connectivity index (χ1n) is 9.77. The van der Waals surface area contributed by atoms with E-state index in [0.29, 0.717) is 18.9 Å². The van der Waals surface area contributed by atoms with Gasteiger partial charge in [-0.05, 0) is 37.9 Å². The molecule has 2 saturated heterocycles. The molecule has 10 heteroatoms. The van der Waals surface area contributed by atoms with E-state index in [2.05, 4.69) is 17.1 Å². The molecule has 0 aromatic heterocycles. The third kappa shape index (κ3) is 4.80. The molecule has 28 heavy (non-hydrogen) atoms. The highest BCUT2D eigenvalue weighted by Crippen LogP contribution is 2.31. The molecule has 0 radical (unpaired) electrons. The Labute approximate surface area is 165 Å². The fraction of sp³-hybridized carbons (Fsp3) is 0.667. The third-order valence-corrected chi connectivity index (χ3v) is 7.16. The molecular weight excluding hydrogens is 384 g/mol. The zero-order valence-electron chi connectivity index (χ0n) is 16.2. The van der Waals surface area contributed by atoms with E-state index in [4.69, 9.17) is 4.74 Å². The normalized spacial score (nSPS) is 20.2. The fourth-order valence-electron chi connectivity index (χ4n) is 3.72. The van der Waals surface area contributed by atoms with Crippen LogP contribution in [0.4, 0.5) is 11.4 Å². The Balaban J connectivity index is 1.75. The van der Waals surface area contributed by atoms with Crippen molar-refractivity contribution in [2.45, 2.75) is 37.1 Å². The first kappa shape index (κ1) is 21.0. The fourth-order valence-corrected chi connectivity index (χ4v) is 5.15. The van der Waals surface area contributed by atoms with E-state index in [1.54, 1.807) is 0 Å². The largest absolute Gasteiger partial charge is 0.379 e. The third-order valence-electron chi connectivity index (χ3n) is 5.26. The van der Waals surface area contributed by atoms with Gasteiger partial charge in [-0.2, -0.15) is 4.31 Å². The molecule has 3 rings (SSSR count). The van der Waals surface area contributed by atoms with Crippen molar-refractivity contribution in [3.05, 3.63) is 28.3 Å². The zero-order valence-corrected chi connectivity index (χ0v) is 17.0. The van der Waals surface area contributed by atoms with E-state index in [1.807, 2.05) is 0 Å². The highest BCUT2D eigenvalue weighted by molar-refractivity contribution is 7.89. The summed E-state index contributed by atoms with van der Waals surface area (Å²) >= 11 is 0. The molecule has 2 aliphatic heterocycles. The molecule has 0 unspecified atom stereocenters. The van der Waals surface area contributed by atoms with E-state index in [0.717, 1.165) is 38.9 Å². The summed E-state index contributed by atoms with van der Waals surface area (Å²) in [5.41, 5.74) is 0.171. The van der Waals surface area contributed by atoms with Crippen molar-refractivity contribution in [3.63, 3.8) is 0 Å². The number of benzene rings is 1. The van der Waals surface area contributed by atoms with Gasteiger partial charge < -0.3 is 15.0 Å². The van der Waals surface area contributed by atoms with Gasteiger partial charge in [0.1, 0.15) is 5.69 Å². The van der Waals surface area contributed by atoms with Crippen molar-refractivity contribution >= 4 is 21.4 Å². The molecule has 1 aromatic rings. The van der Waals surface area contributed by atoms with Gasteiger partial charge >= 0.3 is 0 Å². The summed E-state index contributed by atoms with van der Waals surface area (Å²) in [5.74, 6) is 0. The van der Waals surface area contributed by atoms with E-state index < -0.39 is 14.9 Å². The number of hydrogen-bond acceptors (Lipinski definition) is 7. The van der Waals surface area contributed by atoms with Crippen LogP contribution < -0.4 is 5.32 Å². The Bertz CT molecular complexity index is 787. The number of nitro benzene ring substituents is 1. The molecule has 156 valence electrons. The summed E-state index contributed by atoms with van der Waals surface area (Å²) in [5, 5.41) is 14.8. The highest BCUT2D eigenvalue weighted by atomic mass is 32.2. The number of nitrogens with one attached hydrogen (secondary N) is 1. The van der Waals surface area contributed by atoms with Crippen molar-refractivity contribution in [2.24, 2.45) is 0 Å². The van der Waals surface area contributed by atoms with Crippen molar-refractivity contribution in [1.29, 1.82) is 0 Å². The van der Waals surface area contributed by atoms with Crippen molar-refractivity contribution in [1.82, 2.24) is 9.21 Å². The molecule has 9 nitrogen and oxygen atoms in total. The first-order chi connectivity index (χ1) is 13.4. The van der Waals surface area contributed by atoms with Crippen LogP contribution >= 0.6 is 0 Å². The number of nitro groups is 1. The Hall–Kier alpha value is -1.75. The van der Waals surface area contributed by atoms with E-state index in [-0.39, 0.29) is 29.7 Å². The lowest BCUT2D eigenvalue weighted by Gasteiger charge is -2.32. The number of hydrogen-bond donors (Lipinski definition) is 1. The van der Waals surface area contributed by atoms with Crippen LogP contribution in [0.25, 0.3) is 0 Å². The maximum atomic E-state index is 12.8. The summed E-state index contributed by atoms with van der Waals surface area (Å²) < 4.78 is 32.1. The summed E-state index contributed by atoms with van der Waals surface area (Å²) in [6.45, 7) is 6.32. The van der Waals surface area contributed by atoms with Gasteiger partial charge in [-0.3, -0.25) is 10.1 Å². The number of sulfonamides is 1. The minimum Gasteiger partial charge on any atom is -0.379 e. The minimum absolute atomic E-state index is 0.0515. The molecule has 2 fully saturated rings. The monoisotopic (exact) mass is 412 g/mol. The lowest BCUT2D eigenvalue weighted by atomic mass is 10.0. The second-order valence-electron chi connectivity index (χ2n) is 7.21. The van der Waals surface area contributed by atoms with Crippen LogP contribution in [0.5, 0.6) is 0 Å². The second-order valence-corrected chi connectivity index (χ2v) is 9.15. The number of rotatable bonds is 7. The van der Waals surface area contributed by atoms with Crippen LogP contribution in [0.2, 0.25) is 0 Å². The van der Waals surface area contributed by atoms with Crippen molar-refractivity contribution < 1.29 is 18.1 Å². The predicted octanol–water partition coefficient (Wildman–Crippen LogP) is 1.90. The van der Waals surface area contributed by atoms with Gasteiger partial charge in [-0.15, -0.1) is 0 Å². The topological polar surface area (TPSA) is 105 Å². The Morgan fingerprint density at radius 2 is 1.89 bits per heavy atom. The summed E-state index contributed by atoms with van der Waals surface area (Å²) in [6, 6.07) is 4.28. The number of anilines is 1. The zero-order chi connectivity index (χ0) is 20.1. The number of morpholine rings is 1. The number of piperidine rings is 1. The number of nitrogens with zero attached hydrogens (tertiary/aromatic N) is 3. The molecule has 0 atom stereocenters. The summed E-state index contributed by atoms with van der Waals surface area (Å²) in [6.07, 6.45) is 2.93. The number of likely N-dealkylation sites (tertiary alicyclic amines) is 1. The molecule has 0 amide bonds. The maximum Gasteiger partial charge on any atom is 0.293 e. The van der Waals surface area contributed by atoms with Crippen molar-refractivity contribution in [3.8, 4) is 0 Å². The van der Waals surface area contributed by atoms with E-state index >= 15 is 0 Å². The molecule has 0 bridgehead atoms. The minimum atomic E-state index is -3.77. The quantitative estimate of drug-likeness (QED) is 0.539. The second kappa shape index (κ2) is 9.17. The lowest BCUT2D eigenvalue weighted by molar-refractivity contribution is -0.384. The molecule has 1 N–H and O–H groups in total. The summed E-state index contributed by atoms with van der Waals surface area (Å²) in [7, 11) is -3.77. The van der Waals surface area contributed by atoms with E-state index in [9.17, 15) is 18.5 Å². The predicted molar refractivity (Wildman–Crippen MR) is 106 cm³/mol. The molecule has 2 heterocycles. The molecule has 2 aliphatic rings. The Morgan fingerprint density at radius 1 is 1.21 bits per heavy atom. The average Bonchev–Trinajstić information content (AvgIpc) is 2.70. The molecule has 0 spiro atoms. The molecule has 0 aliphatic carbocycles. The molecule has 0 saturated carbocycles. The van der Waals surface area contributed by atoms with Gasteiger partial charge in [0.15, 0.2) is 0 Å². The van der Waals surface area contributed by atoms with Crippen LogP contribution in [0, 0.1) is 10.1 Å². The average molecular weight is 413 g/mol. The smallest absolute Gasteiger partial charge is 0.293 e. The van der Waals surface area contributed by atoms with Gasteiger partial charge in [-0.25, -0.2) is 8.42 Å². The standard InChI is InChI=1S/C18H28N4O5S/c1-2-7-20-8-5-15(6-9-20)19-17-4-3-16(14-18(17)22(23)24)28(25,26)21-10-12-27-13-11-21/h3-4,14-15,19H,2,5-13H2,1H3. The van der Waals surface area contributed by atoms with Crippen LogP contribution in [-0.4, -0.2) is 74.5 Å². The van der Waals surface area contributed by atoms with Crippen LogP contribution in [0.15, 0.2) is 23.1 Å². The molecular formula is C18H28N4O5S. The highest BCUT2D eigenvalue weighted by Gasteiger charge is 2.29. The van der Waals surface area contributed by atoms with Gasteiger partial charge in [-0.1, -0.05) is 6.92 Å². The van der Waals surface area contributed by atoms with E-state index in [1.165, 1.54) is 22.5 Å². The van der Waals surface area contributed by atoms with Gasteiger partial charge in [0.25, 0.3) is 5.69 Å².